The van der Waals surface area contributed by atoms with Crippen molar-refractivity contribution >= 4 is 17.5 Å². The van der Waals surface area contributed by atoms with Gasteiger partial charge in [-0.1, -0.05) is 6.42 Å². The van der Waals surface area contributed by atoms with Crippen LogP contribution in [-0.4, -0.2) is 53.7 Å². The van der Waals surface area contributed by atoms with Crippen molar-refractivity contribution in [1.82, 2.24) is 9.91 Å². The highest BCUT2D eigenvalue weighted by Gasteiger charge is 2.37. The Morgan fingerprint density at radius 3 is 2.70 bits per heavy atom. The van der Waals surface area contributed by atoms with Crippen LogP contribution in [0.4, 0.5) is 0 Å². The minimum absolute atomic E-state index is 0.101. The van der Waals surface area contributed by atoms with Gasteiger partial charge in [0.1, 0.15) is 17.6 Å². The Bertz CT molecular complexity index is 923. The Morgan fingerprint density at radius 1 is 1.23 bits per heavy atom. The largest absolute Gasteiger partial charge is 0.497 e. The minimum atomic E-state index is -0.405. The molecule has 1 aromatic carbocycles. The van der Waals surface area contributed by atoms with Crippen molar-refractivity contribution < 1.29 is 18.7 Å². The fourth-order valence-corrected chi connectivity index (χ4v) is 4.15. The van der Waals surface area contributed by atoms with Crippen molar-refractivity contribution in [2.24, 2.45) is 10.8 Å². The van der Waals surface area contributed by atoms with Crippen molar-refractivity contribution in [3.05, 3.63) is 54.0 Å². The van der Waals surface area contributed by atoms with Gasteiger partial charge in [-0.2, -0.15) is 5.10 Å². The van der Waals surface area contributed by atoms with E-state index in [0.29, 0.717) is 25.1 Å². The molecule has 2 amide bonds. The minimum Gasteiger partial charge on any atom is -0.497 e. The number of rotatable bonds is 6. The molecule has 4 rings (SSSR count). The van der Waals surface area contributed by atoms with E-state index < -0.39 is 6.04 Å². The zero-order chi connectivity index (χ0) is 21.1. The molecule has 30 heavy (non-hydrogen) atoms. The number of primary amides is 1. The zero-order valence-electron chi connectivity index (χ0n) is 17.0. The van der Waals surface area contributed by atoms with Gasteiger partial charge in [-0.25, -0.2) is 5.01 Å². The molecule has 0 bridgehead atoms. The van der Waals surface area contributed by atoms with Crippen molar-refractivity contribution in [2.45, 2.75) is 37.8 Å². The molecule has 8 nitrogen and oxygen atoms in total. The van der Waals surface area contributed by atoms with Gasteiger partial charge in [0, 0.05) is 6.42 Å². The second-order valence-corrected chi connectivity index (χ2v) is 7.63. The van der Waals surface area contributed by atoms with Gasteiger partial charge in [-0.05, 0) is 61.3 Å². The molecule has 0 radical (unpaired) electrons. The number of furan rings is 1. The van der Waals surface area contributed by atoms with Crippen LogP contribution < -0.4 is 10.5 Å². The fraction of sp³-hybridized carbons (Fsp3) is 0.409. The topological polar surface area (TPSA) is 101 Å². The number of carbonyl (C=O) groups is 2. The summed E-state index contributed by atoms with van der Waals surface area (Å²) in [6, 6.07) is 10.5. The summed E-state index contributed by atoms with van der Waals surface area (Å²) < 4.78 is 10.8. The zero-order valence-corrected chi connectivity index (χ0v) is 17.0. The van der Waals surface area contributed by atoms with E-state index in [0.717, 1.165) is 29.9 Å². The van der Waals surface area contributed by atoms with Crippen molar-refractivity contribution in [1.29, 1.82) is 0 Å². The average Bonchev–Trinajstić information content (AvgIpc) is 3.44. The first kappa shape index (κ1) is 20.2. The molecule has 2 atom stereocenters. The summed E-state index contributed by atoms with van der Waals surface area (Å²) in [5.41, 5.74) is 7.28. The number of ether oxygens (including phenoxy) is 1. The molecule has 2 N–H and O–H groups in total. The van der Waals surface area contributed by atoms with E-state index in [4.69, 9.17) is 14.9 Å². The molecule has 8 heteroatoms. The predicted octanol–water partition coefficient (Wildman–Crippen LogP) is 2.31. The number of hydrazone groups is 1. The number of piperidine rings is 1. The highest BCUT2D eigenvalue weighted by atomic mass is 16.5. The Labute approximate surface area is 175 Å². The van der Waals surface area contributed by atoms with Gasteiger partial charge in [0.05, 0.1) is 31.7 Å². The number of amides is 2. The fourth-order valence-electron chi connectivity index (χ4n) is 4.15. The van der Waals surface area contributed by atoms with E-state index >= 15 is 0 Å². The first-order chi connectivity index (χ1) is 14.6. The summed E-state index contributed by atoms with van der Waals surface area (Å²) in [4.78, 5) is 26.9. The summed E-state index contributed by atoms with van der Waals surface area (Å²) in [6.45, 7) is 0.776. The maximum Gasteiger partial charge on any atom is 0.257 e. The van der Waals surface area contributed by atoms with Gasteiger partial charge in [-0.3, -0.25) is 14.5 Å². The lowest BCUT2D eigenvalue weighted by molar-refractivity contribution is -0.137. The molecule has 1 saturated heterocycles. The molecular weight excluding hydrogens is 384 g/mol. The van der Waals surface area contributed by atoms with E-state index in [9.17, 15) is 9.59 Å². The molecule has 3 heterocycles. The molecule has 1 aromatic heterocycles. The second-order valence-electron chi connectivity index (χ2n) is 7.63. The lowest BCUT2D eigenvalue weighted by atomic mass is 10.0. The van der Waals surface area contributed by atoms with Crippen LogP contribution >= 0.6 is 0 Å². The van der Waals surface area contributed by atoms with Crippen LogP contribution in [0.1, 0.15) is 43.0 Å². The third-order valence-corrected chi connectivity index (χ3v) is 5.74. The van der Waals surface area contributed by atoms with E-state index in [1.807, 2.05) is 35.2 Å². The molecule has 158 valence electrons. The SMILES string of the molecule is COc1ccc(C2=NN(C(=O)CN3CCCC[C@@H]3C(N)=O)[C@H](c3ccco3)C2)cc1. The number of benzene rings is 1. The monoisotopic (exact) mass is 410 g/mol. The average molecular weight is 410 g/mol. The Hall–Kier alpha value is -3.13. The van der Waals surface area contributed by atoms with Gasteiger partial charge < -0.3 is 14.9 Å². The molecule has 2 aromatic rings. The van der Waals surface area contributed by atoms with Crippen LogP contribution in [0.5, 0.6) is 5.75 Å². The number of likely N-dealkylation sites (tertiary alicyclic amines) is 1. The number of methoxy groups -OCH3 is 1. The van der Waals surface area contributed by atoms with Gasteiger partial charge >= 0.3 is 0 Å². The van der Waals surface area contributed by atoms with E-state index in [2.05, 4.69) is 5.10 Å². The maximum absolute atomic E-state index is 13.2. The molecule has 2 aliphatic heterocycles. The molecule has 2 aliphatic rings. The van der Waals surface area contributed by atoms with Crippen LogP contribution in [-0.2, 0) is 9.59 Å². The molecule has 0 aliphatic carbocycles. The van der Waals surface area contributed by atoms with Crippen LogP contribution in [0.3, 0.4) is 0 Å². The van der Waals surface area contributed by atoms with Gasteiger partial charge in [0.25, 0.3) is 5.91 Å². The van der Waals surface area contributed by atoms with Crippen molar-refractivity contribution in [3.8, 4) is 5.75 Å². The summed E-state index contributed by atoms with van der Waals surface area (Å²) in [7, 11) is 1.62. The van der Waals surface area contributed by atoms with Gasteiger partial charge in [0.15, 0.2) is 0 Å². The highest BCUT2D eigenvalue weighted by Crippen LogP contribution is 2.33. The number of nitrogens with zero attached hydrogens (tertiary/aromatic N) is 3. The van der Waals surface area contributed by atoms with E-state index in [1.165, 1.54) is 5.01 Å². The maximum atomic E-state index is 13.2. The lowest BCUT2D eigenvalue weighted by Crippen LogP contribution is -2.51. The van der Waals surface area contributed by atoms with Crippen LogP contribution in [0, 0.1) is 0 Å². The molecule has 0 unspecified atom stereocenters. The van der Waals surface area contributed by atoms with Gasteiger partial charge in [-0.15, -0.1) is 0 Å². The molecule has 0 saturated carbocycles. The molecule has 1 fully saturated rings. The van der Waals surface area contributed by atoms with Crippen LogP contribution in [0.15, 0.2) is 52.2 Å². The Kier molecular flexibility index (Phi) is 5.85. The second kappa shape index (κ2) is 8.71. The molecule has 0 spiro atoms. The van der Waals surface area contributed by atoms with Gasteiger partial charge in [0.2, 0.25) is 5.91 Å². The summed E-state index contributed by atoms with van der Waals surface area (Å²) in [5, 5.41) is 6.13. The normalized spacial score (nSPS) is 22.0. The lowest BCUT2D eigenvalue weighted by Gasteiger charge is -2.34. The highest BCUT2D eigenvalue weighted by molar-refractivity contribution is 6.03. The number of nitrogens with two attached hydrogens (primary N) is 1. The molecular formula is C22H26N4O4. The van der Waals surface area contributed by atoms with Crippen molar-refractivity contribution in [3.63, 3.8) is 0 Å². The first-order valence-electron chi connectivity index (χ1n) is 10.2. The number of carbonyl (C=O) groups excluding carboxylic acids is 2. The quantitative estimate of drug-likeness (QED) is 0.787. The predicted molar refractivity (Wildman–Crippen MR) is 111 cm³/mol. The van der Waals surface area contributed by atoms with Crippen LogP contribution in [0.25, 0.3) is 0 Å². The third-order valence-electron chi connectivity index (χ3n) is 5.74. The smallest absolute Gasteiger partial charge is 0.257 e. The number of hydrogen-bond donors (Lipinski definition) is 1. The summed E-state index contributed by atoms with van der Waals surface area (Å²) >= 11 is 0. The first-order valence-corrected chi connectivity index (χ1v) is 10.2. The number of hydrogen-bond acceptors (Lipinski definition) is 6. The Morgan fingerprint density at radius 2 is 2.03 bits per heavy atom. The van der Waals surface area contributed by atoms with Crippen LogP contribution in [0.2, 0.25) is 0 Å². The standard InChI is InChI=1S/C22H26N4O4/c1-29-16-9-7-15(8-10-16)17-13-19(20-6-4-12-30-20)26(24-17)21(27)14-25-11-3-2-5-18(25)22(23)28/h4,6-10,12,18-19H,2-3,5,11,13-14H2,1H3,(H2,23,28)/t18-,19+/m1/s1. The Balaban J connectivity index is 1.57. The third kappa shape index (κ3) is 4.09. The van der Waals surface area contributed by atoms with Crippen molar-refractivity contribution in [2.75, 3.05) is 20.2 Å². The summed E-state index contributed by atoms with van der Waals surface area (Å²) in [5.74, 6) is 0.887. The summed E-state index contributed by atoms with van der Waals surface area (Å²) in [6.07, 6.45) is 4.71. The van der Waals surface area contributed by atoms with E-state index in [1.54, 1.807) is 19.4 Å². The van der Waals surface area contributed by atoms with E-state index in [-0.39, 0.29) is 24.4 Å².